The average Bonchev–Trinajstić information content (AvgIpc) is 2.17. The number of aliphatic carboxylic acids is 1. The maximum atomic E-state index is 10.4. The van der Waals surface area contributed by atoms with Gasteiger partial charge in [0.15, 0.2) is 0 Å². The molecule has 46 valence electrons. The van der Waals surface area contributed by atoms with Gasteiger partial charge in [-0.3, -0.25) is 4.79 Å². The predicted octanol–water partition coefficient (Wildman–Crippen LogP) is -0.177. The van der Waals surface area contributed by atoms with Gasteiger partial charge in [-0.2, -0.15) is 0 Å². The Labute approximate surface area is 51.9 Å². The van der Waals surface area contributed by atoms with Crippen molar-refractivity contribution in [2.75, 3.05) is 6.52 Å². The van der Waals surface area contributed by atoms with Gasteiger partial charge in [-0.15, -0.1) is 0 Å². The van der Waals surface area contributed by atoms with Crippen LogP contribution in [0.3, 0.4) is 0 Å². The van der Waals surface area contributed by atoms with Gasteiger partial charge in [0.1, 0.15) is 6.04 Å². The highest BCUT2D eigenvalue weighted by atomic mass is 16.4. The largest absolute Gasteiger partial charge is 0.480 e. The summed E-state index contributed by atoms with van der Waals surface area (Å²) in [6.45, 7) is -0.946. The van der Waals surface area contributed by atoms with Gasteiger partial charge in [-0.1, -0.05) is 0 Å². The summed E-state index contributed by atoms with van der Waals surface area (Å²) in [7, 11) is 0. The lowest BCUT2D eigenvalue weighted by Crippen LogP contribution is -2.29. The lowest BCUT2D eigenvalue weighted by Gasteiger charge is -1.99. The van der Waals surface area contributed by atoms with Gasteiger partial charge in [-0.05, 0) is 19.3 Å². The monoisotopic (exact) mass is 118 g/mol. The van der Waals surface area contributed by atoms with Gasteiger partial charge >= 0.3 is 5.97 Å². The first-order valence-electron chi connectivity index (χ1n) is 4.03. The van der Waals surface area contributed by atoms with E-state index in [4.69, 9.17) is 9.22 Å². The molecule has 0 aromatic heterocycles. The minimum absolute atomic E-state index is 0.946. The van der Waals surface area contributed by atoms with Crippen molar-refractivity contribution in [3.63, 3.8) is 0 Å². The fourth-order valence-corrected chi connectivity index (χ4v) is 0.535. The van der Waals surface area contributed by atoms with Gasteiger partial charge < -0.3 is 10.4 Å². The number of carboxylic acids is 1. The maximum absolute atomic E-state index is 10.4. The van der Waals surface area contributed by atoms with E-state index >= 15 is 0 Å². The third-order valence-corrected chi connectivity index (χ3v) is 0.942. The molecule has 0 unspecified atom stereocenters. The zero-order valence-corrected chi connectivity index (χ0v) is 4.16. The van der Waals surface area contributed by atoms with Crippen LogP contribution in [0.25, 0.3) is 0 Å². The van der Waals surface area contributed by atoms with Crippen LogP contribution in [0.1, 0.15) is 16.9 Å². The maximum Gasteiger partial charge on any atom is 0.320 e. The fourth-order valence-electron chi connectivity index (χ4n) is 0.535. The molecule has 0 spiro atoms. The molecule has 0 radical (unpaired) electrons. The molecule has 0 saturated carbocycles. The van der Waals surface area contributed by atoms with Crippen molar-refractivity contribution in [3.8, 4) is 0 Å². The van der Waals surface area contributed by atoms with Gasteiger partial charge in [-0.25, -0.2) is 0 Å². The van der Waals surface area contributed by atoms with Crippen LogP contribution in [0.2, 0.25) is 0 Å². The molecule has 0 amide bonds. The number of hydrogen-bond donors (Lipinski definition) is 2. The molecular weight excluding hydrogens is 106 g/mol. The zero-order valence-electron chi connectivity index (χ0n) is 7.16. The second kappa shape index (κ2) is 2.13. The summed E-state index contributed by atoms with van der Waals surface area (Å²) in [5.41, 5.74) is 0. The summed E-state index contributed by atoms with van der Waals surface area (Å²) < 4.78 is 21.5. The van der Waals surface area contributed by atoms with E-state index in [1.54, 1.807) is 0 Å². The summed E-state index contributed by atoms with van der Waals surface area (Å²) in [6, 6.07) is -1.06. The predicted molar refractivity (Wildman–Crippen MR) is 28.7 cm³/mol. The fraction of sp³-hybridized carbons (Fsp3) is 0.800. The standard InChI is InChI=1S/C5H9NO2/c7-5(8)4-2-1-3-6-4/h4,6H,1-3H2,(H,7,8)/t4-/m0/s1/i1D,2D,3D/t1-,2+,3+,4+/m1. The molecule has 1 rings (SSSR count). The van der Waals surface area contributed by atoms with Crippen molar-refractivity contribution < 1.29 is 14.0 Å². The zero-order chi connectivity index (χ0) is 8.59. The Morgan fingerprint density at radius 1 is 2.00 bits per heavy atom. The molecule has 8 heavy (non-hydrogen) atoms. The van der Waals surface area contributed by atoms with Crippen LogP contribution < -0.4 is 5.32 Å². The first-order chi connectivity index (χ1) is 5.04. The lowest BCUT2D eigenvalue weighted by molar-refractivity contribution is -0.139. The van der Waals surface area contributed by atoms with E-state index < -0.39 is 31.3 Å². The molecule has 0 aromatic carbocycles. The third kappa shape index (κ3) is 0.980. The Kier molecular flexibility index (Phi) is 0.753. The molecule has 1 heterocycles. The molecule has 0 bridgehead atoms. The molecule has 2 N–H and O–H groups in total. The number of carbonyl (C=O) groups is 1. The van der Waals surface area contributed by atoms with E-state index in [9.17, 15) is 4.79 Å². The highest BCUT2D eigenvalue weighted by Crippen LogP contribution is 2.03. The molecule has 3 heteroatoms. The van der Waals surface area contributed by atoms with Crippen molar-refractivity contribution in [1.29, 1.82) is 0 Å². The highest BCUT2D eigenvalue weighted by molar-refractivity contribution is 5.73. The van der Waals surface area contributed by atoms with Gasteiger partial charge in [0, 0.05) is 4.11 Å². The van der Waals surface area contributed by atoms with Crippen LogP contribution in [0.15, 0.2) is 0 Å². The van der Waals surface area contributed by atoms with E-state index in [1.165, 1.54) is 0 Å². The number of carboxylic acid groups (broad SMARTS) is 1. The van der Waals surface area contributed by atoms with Crippen molar-refractivity contribution in [3.05, 3.63) is 0 Å². The summed E-state index contributed by atoms with van der Waals surface area (Å²) in [4.78, 5) is 10.4. The molecule has 1 aliphatic heterocycles. The first kappa shape index (κ1) is 2.82. The molecule has 4 atom stereocenters. The highest BCUT2D eigenvalue weighted by Gasteiger charge is 2.20. The quantitative estimate of drug-likeness (QED) is 0.502. The van der Waals surface area contributed by atoms with Crippen LogP contribution in [-0.2, 0) is 4.79 Å². The minimum atomic E-state index is -1.16. The van der Waals surface area contributed by atoms with Crippen molar-refractivity contribution >= 4 is 5.97 Å². The number of rotatable bonds is 1. The molecule has 1 saturated heterocycles. The molecule has 1 aliphatic rings. The second-order valence-electron chi connectivity index (χ2n) is 1.53. The molecule has 1 fully saturated rings. The van der Waals surface area contributed by atoms with E-state index in [0.29, 0.717) is 0 Å². The average molecular weight is 118 g/mol. The molecule has 3 nitrogen and oxygen atoms in total. The van der Waals surface area contributed by atoms with Crippen LogP contribution in [-0.4, -0.2) is 23.6 Å². The number of hydrogen-bond acceptors (Lipinski definition) is 2. The van der Waals surface area contributed by atoms with E-state index in [1.807, 2.05) is 0 Å². The molecule has 0 aromatic rings. The number of nitrogens with one attached hydrogen (secondary N) is 1. The normalized spacial score (nSPS) is 61.2. The second-order valence-corrected chi connectivity index (χ2v) is 1.53. The Hall–Kier alpha value is -0.570. The van der Waals surface area contributed by atoms with Gasteiger partial charge in [0.05, 0.1) is 0 Å². The topological polar surface area (TPSA) is 49.3 Å². The van der Waals surface area contributed by atoms with Crippen molar-refractivity contribution in [1.82, 2.24) is 5.32 Å². The first-order valence-corrected chi connectivity index (χ1v) is 2.29. The van der Waals surface area contributed by atoms with Gasteiger partial charge in [0.2, 0.25) is 0 Å². The molecular formula is C5H9NO2. The van der Waals surface area contributed by atoms with Crippen molar-refractivity contribution in [2.45, 2.75) is 18.8 Å². The van der Waals surface area contributed by atoms with E-state index in [0.717, 1.165) is 0 Å². The van der Waals surface area contributed by atoms with Crippen LogP contribution >= 0.6 is 0 Å². The third-order valence-electron chi connectivity index (χ3n) is 0.942. The summed E-state index contributed by atoms with van der Waals surface area (Å²) in [5, 5.41) is 10.8. The lowest BCUT2D eigenvalue weighted by atomic mass is 10.2. The summed E-state index contributed by atoms with van der Waals surface area (Å²) >= 11 is 0. The van der Waals surface area contributed by atoms with Crippen LogP contribution in [0.5, 0.6) is 0 Å². The Morgan fingerprint density at radius 3 is 3.00 bits per heavy atom. The minimum Gasteiger partial charge on any atom is -0.480 e. The Bertz CT molecular complexity index is 177. The molecule has 0 aliphatic carbocycles. The smallest absolute Gasteiger partial charge is 0.320 e. The van der Waals surface area contributed by atoms with E-state index in [2.05, 4.69) is 5.32 Å². The SMILES string of the molecule is [2H][C@@H]1[C@H]([2H])[C@@H](C(=O)O)N[C@H]1[2H]. The Balaban J connectivity index is 2.67. The van der Waals surface area contributed by atoms with Crippen molar-refractivity contribution in [2.24, 2.45) is 0 Å². The summed E-state index contributed by atoms with van der Waals surface area (Å²) in [5.74, 6) is -1.16. The van der Waals surface area contributed by atoms with Crippen LogP contribution in [0, 0.1) is 0 Å². The van der Waals surface area contributed by atoms with Gasteiger partial charge in [0.25, 0.3) is 0 Å². The Morgan fingerprint density at radius 2 is 2.75 bits per heavy atom. The van der Waals surface area contributed by atoms with Crippen LogP contribution in [0.4, 0.5) is 0 Å². The van der Waals surface area contributed by atoms with E-state index in [-0.39, 0.29) is 0 Å². The summed E-state index contributed by atoms with van der Waals surface area (Å²) in [6.07, 6.45) is -1.99.